The van der Waals surface area contributed by atoms with E-state index in [1.807, 2.05) is 24.3 Å². The van der Waals surface area contributed by atoms with Gasteiger partial charge < -0.3 is 9.72 Å². The zero-order valence-corrected chi connectivity index (χ0v) is 11.5. The summed E-state index contributed by atoms with van der Waals surface area (Å²) in [5.41, 5.74) is 1.36. The van der Waals surface area contributed by atoms with Gasteiger partial charge in [0.1, 0.15) is 18.2 Å². The van der Waals surface area contributed by atoms with Gasteiger partial charge in [-0.1, -0.05) is 25.1 Å². The Bertz CT molecular complexity index is 829. The van der Waals surface area contributed by atoms with Gasteiger partial charge in [-0.05, 0) is 18.1 Å². The lowest BCUT2D eigenvalue weighted by Crippen LogP contribution is -2.15. The average molecular weight is 282 g/mol. The predicted octanol–water partition coefficient (Wildman–Crippen LogP) is 1.85. The van der Waals surface area contributed by atoms with Gasteiger partial charge in [-0.15, -0.1) is 0 Å². The van der Waals surface area contributed by atoms with Gasteiger partial charge in [-0.25, -0.2) is 15.0 Å². The van der Waals surface area contributed by atoms with Crippen LogP contribution in [0.4, 0.5) is 0 Å². The van der Waals surface area contributed by atoms with Crippen LogP contribution in [0.2, 0.25) is 0 Å². The molecule has 0 spiro atoms. The number of aryl methyl sites for hydroxylation is 1. The molecule has 2 aromatic heterocycles. The van der Waals surface area contributed by atoms with Crippen LogP contribution in [0.25, 0.3) is 11.2 Å². The highest BCUT2D eigenvalue weighted by Crippen LogP contribution is 2.19. The van der Waals surface area contributed by atoms with Gasteiger partial charge in [-0.2, -0.15) is 0 Å². The second-order valence-electron chi connectivity index (χ2n) is 4.49. The van der Waals surface area contributed by atoms with Gasteiger partial charge in [-0.3, -0.25) is 4.79 Å². The maximum atomic E-state index is 11.9. The van der Waals surface area contributed by atoms with Crippen LogP contribution in [0, 0.1) is 0 Å². The van der Waals surface area contributed by atoms with Crippen LogP contribution in [0.1, 0.15) is 18.3 Å². The molecule has 0 aliphatic rings. The van der Waals surface area contributed by atoms with Gasteiger partial charge in [0.2, 0.25) is 0 Å². The summed E-state index contributed by atoms with van der Waals surface area (Å²) >= 11 is 0. The number of fused-ring (bicyclic) bond motifs is 1. The zero-order chi connectivity index (χ0) is 14.7. The van der Waals surface area contributed by atoms with Crippen molar-refractivity contribution < 1.29 is 4.74 Å². The van der Waals surface area contributed by atoms with Gasteiger partial charge in [0.25, 0.3) is 5.56 Å². The van der Waals surface area contributed by atoms with E-state index >= 15 is 0 Å². The average Bonchev–Trinajstić information content (AvgIpc) is 2.53. The molecular weight excluding hydrogens is 268 g/mol. The molecule has 1 N–H and O–H groups in total. The lowest BCUT2D eigenvalue weighted by Gasteiger charge is -2.09. The molecule has 2 heterocycles. The molecule has 0 amide bonds. The third kappa shape index (κ3) is 2.74. The highest BCUT2D eigenvalue weighted by Gasteiger charge is 2.07. The van der Waals surface area contributed by atoms with E-state index in [9.17, 15) is 4.79 Å². The maximum Gasteiger partial charge on any atom is 0.279 e. The van der Waals surface area contributed by atoms with E-state index in [1.54, 1.807) is 0 Å². The lowest BCUT2D eigenvalue weighted by molar-refractivity contribution is 0.293. The van der Waals surface area contributed by atoms with Crippen LogP contribution >= 0.6 is 0 Å². The van der Waals surface area contributed by atoms with Crippen molar-refractivity contribution in [1.29, 1.82) is 0 Å². The molecule has 0 aliphatic carbocycles. The number of benzene rings is 1. The number of aromatic amines is 1. The molecule has 0 fully saturated rings. The summed E-state index contributed by atoms with van der Waals surface area (Å²) in [5, 5.41) is 0. The maximum absolute atomic E-state index is 11.9. The SMILES string of the molecule is CCc1ccccc1OCc1nc2nccnc2c(=O)[nH]1. The molecule has 1 aromatic carbocycles. The largest absolute Gasteiger partial charge is 0.485 e. The van der Waals surface area contributed by atoms with Crippen molar-refractivity contribution in [3.63, 3.8) is 0 Å². The number of hydrogen-bond donors (Lipinski definition) is 1. The highest BCUT2D eigenvalue weighted by atomic mass is 16.5. The van der Waals surface area contributed by atoms with Crippen molar-refractivity contribution in [3.8, 4) is 5.75 Å². The Morgan fingerprint density at radius 3 is 2.86 bits per heavy atom. The quantitative estimate of drug-likeness (QED) is 0.790. The van der Waals surface area contributed by atoms with Crippen molar-refractivity contribution in [2.45, 2.75) is 20.0 Å². The summed E-state index contributed by atoms with van der Waals surface area (Å²) in [6.07, 6.45) is 3.85. The van der Waals surface area contributed by atoms with Crippen LogP contribution in [-0.4, -0.2) is 19.9 Å². The van der Waals surface area contributed by atoms with Gasteiger partial charge in [0, 0.05) is 12.4 Å². The van der Waals surface area contributed by atoms with Crippen molar-refractivity contribution in [3.05, 3.63) is 58.4 Å². The minimum Gasteiger partial charge on any atom is -0.485 e. The van der Waals surface area contributed by atoms with Crippen LogP contribution in [0.3, 0.4) is 0 Å². The fraction of sp³-hybridized carbons (Fsp3) is 0.200. The molecule has 0 saturated heterocycles. The fourth-order valence-corrected chi connectivity index (χ4v) is 2.07. The molecule has 0 bridgehead atoms. The number of hydrogen-bond acceptors (Lipinski definition) is 5. The Hall–Kier alpha value is -2.76. The minimum atomic E-state index is -0.310. The fourth-order valence-electron chi connectivity index (χ4n) is 2.07. The third-order valence-corrected chi connectivity index (χ3v) is 3.11. The number of aromatic nitrogens is 4. The van der Waals surface area contributed by atoms with Crippen LogP contribution in [0.15, 0.2) is 41.5 Å². The molecule has 0 unspecified atom stereocenters. The van der Waals surface area contributed by atoms with Gasteiger partial charge in [0.05, 0.1) is 0 Å². The number of H-pyrrole nitrogens is 1. The van der Waals surface area contributed by atoms with E-state index in [0.717, 1.165) is 17.7 Å². The lowest BCUT2D eigenvalue weighted by atomic mass is 10.1. The molecule has 0 aliphatic heterocycles. The molecule has 6 nitrogen and oxygen atoms in total. The molecule has 106 valence electrons. The summed E-state index contributed by atoms with van der Waals surface area (Å²) in [7, 11) is 0. The van der Waals surface area contributed by atoms with Crippen molar-refractivity contribution in [1.82, 2.24) is 19.9 Å². The highest BCUT2D eigenvalue weighted by molar-refractivity contribution is 5.67. The van der Waals surface area contributed by atoms with E-state index in [2.05, 4.69) is 26.9 Å². The molecule has 0 atom stereocenters. The Labute approximate surface area is 120 Å². The first-order chi connectivity index (χ1) is 10.3. The smallest absolute Gasteiger partial charge is 0.279 e. The van der Waals surface area contributed by atoms with Crippen molar-refractivity contribution in [2.75, 3.05) is 0 Å². The first-order valence-corrected chi connectivity index (χ1v) is 6.68. The van der Waals surface area contributed by atoms with E-state index in [0.29, 0.717) is 11.5 Å². The normalized spacial score (nSPS) is 10.7. The second kappa shape index (κ2) is 5.70. The summed E-state index contributed by atoms with van der Waals surface area (Å²) in [6.45, 7) is 2.24. The number of ether oxygens (including phenoxy) is 1. The monoisotopic (exact) mass is 282 g/mol. The summed E-state index contributed by atoms with van der Waals surface area (Å²) < 4.78 is 5.74. The van der Waals surface area contributed by atoms with E-state index in [1.165, 1.54) is 12.4 Å². The summed E-state index contributed by atoms with van der Waals surface area (Å²) in [5.74, 6) is 1.22. The third-order valence-electron chi connectivity index (χ3n) is 3.11. The number of rotatable bonds is 4. The predicted molar refractivity (Wildman–Crippen MR) is 78.1 cm³/mol. The number of nitrogens with one attached hydrogen (secondary N) is 1. The standard InChI is InChI=1S/C15H14N4O2/c1-2-10-5-3-4-6-11(10)21-9-12-18-14-13(15(20)19-12)16-7-8-17-14/h3-8H,2,9H2,1H3,(H,17,18,19,20). The zero-order valence-electron chi connectivity index (χ0n) is 11.5. The molecule has 0 radical (unpaired) electrons. The van der Waals surface area contributed by atoms with Gasteiger partial charge in [0.15, 0.2) is 11.2 Å². The van der Waals surface area contributed by atoms with E-state index in [-0.39, 0.29) is 17.7 Å². The Morgan fingerprint density at radius 2 is 2.00 bits per heavy atom. The minimum absolute atomic E-state index is 0.179. The number of para-hydroxylation sites is 1. The van der Waals surface area contributed by atoms with E-state index in [4.69, 9.17) is 4.74 Å². The first kappa shape index (κ1) is 13.2. The van der Waals surface area contributed by atoms with E-state index < -0.39 is 0 Å². The summed E-state index contributed by atoms with van der Waals surface area (Å²) in [4.78, 5) is 26.8. The van der Waals surface area contributed by atoms with Crippen molar-refractivity contribution in [2.24, 2.45) is 0 Å². The summed E-state index contributed by atoms with van der Waals surface area (Å²) in [6, 6.07) is 7.79. The van der Waals surface area contributed by atoms with Crippen molar-refractivity contribution >= 4 is 11.2 Å². The number of nitrogens with zero attached hydrogens (tertiary/aromatic N) is 3. The Morgan fingerprint density at radius 1 is 1.19 bits per heavy atom. The topological polar surface area (TPSA) is 80.8 Å². The first-order valence-electron chi connectivity index (χ1n) is 6.68. The van der Waals surface area contributed by atoms with Crippen LogP contribution < -0.4 is 10.3 Å². The molecule has 3 rings (SSSR count). The molecule has 21 heavy (non-hydrogen) atoms. The van der Waals surface area contributed by atoms with Gasteiger partial charge >= 0.3 is 0 Å². The molecule has 0 saturated carbocycles. The van der Waals surface area contributed by atoms with Crippen LogP contribution in [-0.2, 0) is 13.0 Å². The Kier molecular flexibility index (Phi) is 3.59. The second-order valence-corrected chi connectivity index (χ2v) is 4.49. The molecule has 6 heteroatoms. The molecular formula is C15H14N4O2. The Balaban J connectivity index is 1.87. The molecule has 3 aromatic rings. The van der Waals surface area contributed by atoms with Crippen LogP contribution in [0.5, 0.6) is 5.75 Å².